The van der Waals surface area contributed by atoms with Gasteiger partial charge in [0.05, 0.1) is 13.2 Å². The Hall–Kier alpha value is -1.36. The van der Waals surface area contributed by atoms with Gasteiger partial charge in [0.2, 0.25) is 0 Å². The molecule has 0 saturated heterocycles. The van der Waals surface area contributed by atoms with Crippen LogP contribution in [0.5, 0.6) is 0 Å². The van der Waals surface area contributed by atoms with Gasteiger partial charge in [0.15, 0.2) is 0 Å². The molecule has 1 rings (SSSR count). The summed E-state index contributed by atoms with van der Waals surface area (Å²) in [5.74, 6) is -1.34. The van der Waals surface area contributed by atoms with Crippen LogP contribution in [0.2, 0.25) is 0 Å². The predicted octanol–water partition coefficient (Wildman–Crippen LogP) is 1.73. The Labute approximate surface area is 98.6 Å². The third kappa shape index (κ3) is 3.06. The van der Waals surface area contributed by atoms with Crippen LogP contribution < -0.4 is 5.32 Å². The van der Waals surface area contributed by atoms with Gasteiger partial charge in [-0.3, -0.25) is 4.79 Å². The molecule has 1 heterocycles. The molecule has 0 fully saturated rings. The van der Waals surface area contributed by atoms with Crippen LogP contribution in [0.4, 0.5) is 0 Å². The summed E-state index contributed by atoms with van der Waals surface area (Å²) in [6.07, 6.45) is 0. The zero-order valence-electron chi connectivity index (χ0n) is 9.52. The fourth-order valence-corrected chi connectivity index (χ4v) is 2.28. The van der Waals surface area contributed by atoms with Gasteiger partial charge in [-0.15, -0.1) is 11.3 Å². The summed E-state index contributed by atoms with van der Waals surface area (Å²) < 4.78 is 4.36. The largest absolute Gasteiger partial charge is 0.462 e. The lowest BCUT2D eigenvalue weighted by Gasteiger charge is -2.20. The van der Waals surface area contributed by atoms with E-state index in [1.54, 1.807) is 11.3 Å². The fraction of sp³-hybridized carbons (Fsp3) is 0.455. The Morgan fingerprint density at radius 1 is 1.44 bits per heavy atom. The predicted molar refractivity (Wildman–Crippen MR) is 62.1 cm³/mol. The molecule has 0 aromatic carbocycles. The summed E-state index contributed by atoms with van der Waals surface area (Å²) >= 11 is 1.55. The molecule has 0 spiro atoms. The highest BCUT2D eigenvalue weighted by molar-refractivity contribution is 7.10. The molecule has 0 aliphatic heterocycles. The number of thiophene rings is 1. The summed E-state index contributed by atoms with van der Waals surface area (Å²) in [5, 5.41) is 4.61. The molecule has 5 heteroatoms. The van der Waals surface area contributed by atoms with Gasteiger partial charge in [-0.05, 0) is 17.4 Å². The van der Waals surface area contributed by atoms with Gasteiger partial charge in [0, 0.05) is 4.88 Å². The molecule has 1 aromatic rings. The van der Waals surface area contributed by atoms with E-state index >= 15 is 0 Å². The number of amides is 1. The lowest BCUT2D eigenvalue weighted by atomic mass is 10.0. The Balaban J connectivity index is 2.74. The highest BCUT2D eigenvalue weighted by Gasteiger charge is 2.23. The minimum absolute atomic E-state index is 0.147. The average molecular weight is 241 g/mol. The van der Waals surface area contributed by atoms with Crippen LogP contribution in [0.25, 0.3) is 0 Å². The Morgan fingerprint density at radius 2 is 2.12 bits per heavy atom. The van der Waals surface area contributed by atoms with Gasteiger partial charge in [0.25, 0.3) is 0 Å². The van der Waals surface area contributed by atoms with Crippen molar-refractivity contribution in [3.63, 3.8) is 0 Å². The van der Waals surface area contributed by atoms with E-state index < -0.39 is 11.9 Å². The van der Waals surface area contributed by atoms with Crippen LogP contribution in [0, 0.1) is 5.92 Å². The lowest BCUT2D eigenvalue weighted by Crippen LogP contribution is -2.36. The van der Waals surface area contributed by atoms with Crippen molar-refractivity contribution in [2.45, 2.75) is 19.9 Å². The summed E-state index contributed by atoms with van der Waals surface area (Å²) in [6, 6.07) is 3.71. The monoisotopic (exact) mass is 241 g/mol. The highest BCUT2D eigenvalue weighted by Crippen LogP contribution is 2.25. The van der Waals surface area contributed by atoms with Crippen molar-refractivity contribution in [1.29, 1.82) is 0 Å². The minimum atomic E-state index is -0.859. The first-order chi connectivity index (χ1) is 7.56. The zero-order chi connectivity index (χ0) is 12.1. The fourth-order valence-electron chi connectivity index (χ4n) is 1.33. The zero-order valence-corrected chi connectivity index (χ0v) is 10.3. The van der Waals surface area contributed by atoms with E-state index in [9.17, 15) is 9.59 Å². The maximum atomic E-state index is 11.4. The van der Waals surface area contributed by atoms with Crippen LogP contribution in [-0.4, -0.2) is 19.0 Å². The SMILES string of the molecule is COC(=O)C(=O)NC(c1cccs1)C(C)C. The van der Waals surface area contributed by atoms with E-state index in [0.717, 1.165) is 4.88 Å². The lowest BCUT2D eigenvalue weighted by molar-refractivity contribution is -0.153. The second-order valence-corrected chi connectivity index (χ2v) is 4.68. The number of carbonyl (C=O) groups excluding carboxylic acids is 2. The third-order valence-corrected chi connectivity index (χ3v) is 3.13. The smallest absolute Gasteiger partial charge is 0.396 e. The van der Waals surface area contributed by atoms with Crippen molar-refractivity contribution < 1.29 is 14.3 Å². The first-order valence-electron chi connectivity index (χ1n) is 4.98. The quantitative estimate of drug-likeness (QED) is 0.647. The molecule has 4 nitrogen and oxygen atoms in total. The molecule has 16 heavy (non-hydrogen) atoms. The molecule has 0 aliphatic carbocycles. The second-order valence-electron chi connectivity index (χ2n) is 3.70. The maximum absolute atomic E-state index is 11.4. The summed E-state index contributed by atoms with van der Waals surface area (Å²) in [7, 11) is 1.19. The molecule has 0 bridgehead atoms. The Kier molecular flexibility index (Phi) is 4.49. The van der Waals surface area contributed by atoms with Gasteiger partial charge in [-0.1, -0.05) is 19.9 Å². The highest BCUT2D eigenvalue weighted by atomic mass is 32.1. The van der Waals surface area contributed by atoms with Crippen molar-refractivity contribution in [1.82, 2.24) is 5.32 Å². The molecular formula is C11H15NO3S. The average Bonchev–Trinajstić information content (AvgIpc) is 2.76. The molecule has 0 saturated carbocycles. The molecule has 1 N–H and O–H groups in total. The summed E-state index contributed by atoms with van der Waals surface area (Å²) in [4.78, 5) is 23.4. The van der Waals surface area contributed by atoms with Crippen LogP contribution in [0.15, 0.2) is 17.5 Å². The standard InChI is InChI=1S/C11H15NO3S/c1-7(2)9(8-5-4-6-16-8)12-10(13)11(14)15-3/h4-7,9H,1-3H3,(H,12,13). The normalized spacial score (nSPS) is 12.2. The van der Waals surface area contributed by atoms with Gasteiger partial charge in [-0.25, -0.2) is 4.79 Å². The van der Waals surface area contributed by atoms with Crippen molar-refractivity contribution >= 4 is 23.2 Å². The third-order valence-electron chi connectivity index (χ3n) is 2.17. The molecule has 0 radical (unpaired) electrons. The van der Waals surface area contributed by atoms with Gasteiger partial charge >= 0.3 is 11.9 Å². The van der Waals surface area contributed by atoms with Crippen LogP contribution in [-0.2, 0) is 14.3 Å². The molecule has 88 valence electrons. The summed E-state index contributed by atoms with van der Waals surface area (Å²) in [6.45, 7) is 3.98. The van der Waals surface area contributed by atoms with E-state index in [2.05, 4.69) is 10.1 Å². The van der Waals surface area contributed by atoms with E-state index in [1.165, 1.54) is 7.11 Å². The van der Waals surface area contributed by atoms with Crippen molar-refractivity contribution in [2.24, 2.45) is 5.92 Å². The molecule has 1 amide bonds. The van der Waals surface area contributed by atoms with Crippen LogP contribution in [0.3, 0.4) is 0 Å². The molecule has 0 aliphatic rings. The topological polar surface area (TPSA) is 55.4 Å². The minimum Gasteiger partial charge on any atom is -0.462 e. The van der Waals surface area contributed by atoms with E-state index in [4.69, 9.17) is 0 Å². The van der Waals surface area contributed by atoms with Crippen molar-refractivity contribution in [3.8, 4) is 0 Å². The van der Waals surface area contributed by atoms with Gasteiger partial charge in [0.1, 0.15) is 0 Å². The number of ether oxygens (including phenoxy) is 1. The van der Waals surface area contributed by atoms with E-state index in [1.807, 2.05) is 31.4 Å². The van der Waals surface area contributed by atoms with Gasteiger partial charge in [-0.2, -0.15) is 0 Å². The number of hydrogen-bond acceptors (Lipinski definition) is 4. The number of nitrogens with one attached hydrogen (secondary N) is 1. The van der Waals surface area contributed by atoms with E-state index in [-0.39, 0.29) is 12.0 Å². The Bertz CT molecular complexity index is 359. The van der Waals surface area contributed by atoms with E-state index in [0.29, 0.717) is 0 Å². The number of methoxy groups -OCH3 is 1. The first-order valence-corrected chi connectivity index (χ1v) is 5.86. The number of rotatable bonds is 3. The molecule has 1 atom stereocenters. The molecule has 1 unspecified atom stereocenters. The van der Waals surface area contributed by atoms with Crippen LogP contribution in [0.1, 0.15) is 24.8 Å². The van der Waals surface area contributed by atoms with Crippen molar-refractivity contribution in [3.05, 3.63) is 22.4 Å². The Morgan fingerprint density at radius 3 is 2.56 bits per heavy atom. The van der Waals surface area contributed by atoms with Gasteiger partial charge < -0.3 is 10.1 Å². The second kappa shape index (κ2) is 5.65. The number of carbonyl (C=O) groups is 2. The molecular weight excluding hydrogens is 226 g/mol. The number of hydrogen-bond donors (Lipinski definition) is 1. The maximum Gasteiger partial charge on any atom is 0.396 e. The summed E-state index contributed by atoms with van der Waals surface area (Å²) in [5.41, 5.74) is 0. The van der Waals surface area contributed by atoms with Crippen LogP contribution >= 0.6 is 11.3 Å². The first kappa shape index (κ1) is 12.7. The van der Waals surface area contributed by atoms with Crippen molar-refractivity contribution in [2.75, 3.05) is 7.11 Å². The molecule has 1 aromatic heterocycles. The number of esters is 1.